The van der Waals surface area contributed by atoms with Crippen LogP contribution in [0.1, 0.15) is 49.8 Å². The Morgan fingerprint density at radius 2 is 1.62 bits per heavy atom. The molecule has 32 heavy (non-hydrogen) atoms. The van der Waals surface area contributed by atoms with Crippen LogP contribution in [0.2, 0.25) is 0 Å². The number of nitrogens with one attached hydrogen (secondary N) is 2. The van der Waals surface area contributed by atoms with Crippen LogP contribution in [0.15, 0.2) is 28.7 Å². The molecule has 0 saturated heterocycles. The van der Waals surface area contributed by atoms with E-state index < -0.39 is 27.8 Å². The zero-order valence-corrected chi connectivity index (χ0v) is 21.9. The molecule has 0 spiro atoms. The molecule has 12 heteroatoms. The maximum Gasteiger partial charge on any atom is 0.348 e. The summed E-state index contributed by atoms with van der Waals surface area (Å²) in [4.78, 5) is 37.8. The van der Waals surface area contributed by atoms with Crippen molar-refractivity contribution in [1.29, 1.82) is 0 Å². The molecule has 0 saturated carbocycles. The van der Waals surface area contributed by atoms with Crippen LogP contribution in [-0.4, -0.2) is 41.0 Å². The standard InChI is InChI=1S/C20H20BrCl3N2O5S/c1-4-30-17(28)13-10(3)14(18(29)31-5-2)32-16(13)26-19(20(22,23)24)25-15(27)11-6-8-12(21)9-7-11/h6-9,19,26H,4-5H2,1-3H3,(H,25,27)/t19-/m1/s1. The number of amides is 1. The summed E-state index contributed by atoms with van der Waals surface area (Å²) in [7, 11) is 0. The van der Waals surface area contributed by atoms with Gasteiger partial charge in [0.05, 0.1) is 18.8 Å². The van der Waals surface area contributed by atoms with E-state index in [4.69, 9.17) is 44.3 Å². The van der Waals surface area contributed by atoms with Crippen LogP contribution in [0.3, 0.4) is 0 Å². The molecule has 0 unspecified atom stereocenters. The summed E-state index contributed by atoms with van der Waals surface area (Å²) in [6, 6.07) is 6.57. The molecular weight excluding hydrogens is 567 g/mol. The molecule has 0 aliphatic heterocycles. The van der Waals surface area contributed by atoms with Crippen molar-refractivity contribution in [3.63, 3.8) is 0 Å². The van der Waals surface area contributed by atoms with Crippen molar-refractivity contribution in [3.05, 3.63) is 50.3 Å². The minimum Gasteiger partial charge on any atom is -0.462 e. The van der Waals surface area contributed by atoms with Gasteiger partial charge in [-0.15, -0.1) is 11.3 Å². The first-order valence-corrected chi connectivity index (χ1v) is 12.1. The fourth-order valence-corrected chi connectivity index (χ4v) is 4.31. The van der Waals surface area contributed by atoms with E-state index in [0.717, 1.165) is 15.8 Å². The molecule has 1 atom stereocenters. The van der Waals surface area contributed by atoms with Gasteiger partial charge < -0.3 is 20.1 Å². The molecule has 1 amide bonds. The van der Waals surface area contributed by atoms with Gasteiger partial charge in [0.1, 0.15) is 16.0 Å². The molecule has 2 N–H and O–H groups in total. The maximum absolute atomic E-state index is 12.7. The first-order chi connectivity index (χ1) is 15.0. The number of anilines is 1. The van der Waals surface area contributed by atoms with E-state index in [-0.39, 0.29) is 28.7 Å². The number of hydrogen-bond donors (Lipinski definition) is 2. The van der Waals surface area contributed by atoms with Crippen molar-refractivity contribution in [2.24, 2.45) is 0 Å². The number of rotatable bonds is 8. The van der Waals surface area contributed by atoms with Crippen LogP contribution in [0.5, 0.6) is 0 Å². The lowest BCUT2D eigenvalue weighted by Crippen LogP contribution is -2.49. The SMILES string of the molecule is CCOC(=O)c1sc(N[C@@H](NC(=O)c2ccc(Br)cc2)C(Cl)(Cl)Cl)c(C(=O)OCC)c1C. The van der Waals surface area contributed by atoms with Crippen molar-refractivity contribution >= 4 is 84.9 Å². The second-order valence-electron chi connectivity index (χ2n) is 6.30. The van der Waals surface area contributed by atoms with Crippen LogP contribution in [0.25, 0.3) is 0 Å². The van der Waals surface area contributed by atoms with Gasteiger partial charge >= 0.3 is 11.9 Å². The summed E-state index contributed by atoms with van der Waals surface area (Å²) in [5.74, 6) is -1.78. The normalized spacial score (nSPS) is 12.1. The van der Waals surface area contributed by atoms with Crippen LogP contribution < -0.4 is 10.6 Å². The molecule has 2 aromatic rings. The van der Waals surface area contributed by atoms with Crippen LogP contribution in [0, 0.1) is 6.92 Å². The Labute approximate surface area is 212 Å². The van der Waals surface area contributed by atoms with Crippen molar-refractivity contribution < 1.29 is 23.9 Å². The number of halogens is 4. The molecular formula is C20H20BrCl3N2O5S. The van der Waals surface area contributed by atoms with Gasteiger partial charge in [-0.3, -0.25) is 4.79 Å². The summed E-state index contributed by atoms with van der Waals surface area (Å²) >= 11 is 22.5. The molecule has 7 nitrogen and oxygen atoms in total. The number of thiophene rings is 1. The van der Waals surface area contributed by atoms with Gasteiger partial charge in [0.25, 0.3) is 5.91 Å². The van der Waals surface area contributed by atoms with E-state index in [1.807, 2.05) is 0 Å². The fraction of sp³-hybridized carbons (Fsp3) is 0.350. The Balaban J connectivity index is 2.42. The molecule has 0 fully saturated rings. The third-order valence-corrected chi connectivity index (χ3v) is 6.46. The first-order valence-electron chi connectivity index (χ1n) is 9.36. The summed E-state index contributed by atoms with van der Waals surface area (Å²) < 4.78 is 8.97. The average molecular weight is 587 g/mol. The lowest BCUT2D eigenvalue weighted by Gasteiger charge is -2.27. The van der Waals surface area contributed by atoms with Crippen molar-refractivity contribution in [3.8, 4) is 0 Å². The van der Waals surface area contributed by atoms with Gasteiger partial charge in [-0.05, 0) is 50.6 Å². The number of carbonyl (C=O) groups excluding carboxylic acids is 3. The van der Waals surface area contributed by atoms with Crippen LogP contribution >= 0.6 is 62.1 Å². The van der Waals surface area contributed by atoms with Gasteiger partial charge in [-0.25, -0.2) is 9.59 Å². The summed E-state index contributed by atoms with van der Waals surface area (Å²) in [5.41, 5.74) is 0.781. The molecule has 2 rings (SSSR count). The third-order valence-electron chi connectivity index (χ3n) is 4.07. The third kappa shape index (κ3) is 6.74. The minimum atomic E-state index is -2.00. The Morgan fingerprint density at radius 3 is 2.16 bits per heavy atom. The predicted molar refractivity (Wildman–Crippen MR) is 130 cm³/mol. The van der Waals surface area contributed by atoms with Crippen LogP contribution in [0.4, 0.5) is 5.00 Å². The largest absolute Gasteiger partial charge is 0.462 e. The van der Waals surface area contributed by atoms with Gasteiger partial charge in [0.15, 0.2) is 0 Å². The Kier molecular flexibility index (Phi) is 9.66. The lowest BCUT2D eigenvalue weighted by molar-refractivity contribution is 0.0527. The van der Waals surface area contributed by atoms with Crippen molar-refractivity contribution in [2.75, 3.05) is 18.5 Å². The van der Waals surface area contributed by atoms with Crippen molar-refractivity contribution in [1.82, 2.24) is 5.32 Å². The zero-order valence-electron chi connectivity index (χ0n) is 17.3. The molecule has 0 aliphatic rings. The molecule has 1 aromatic heterocycles. The molecule has 1 heterocycles. The van der Waals surface area contributed by atoms with Gasteiger partial charge in [-0.1, -0.05) is 50.7 Å². The number of benzene rings is 1. The highest BCUT2D eigenvalue weighted by molar-refractivity contribution is 9.10. The highest BCUT2D eigenvalue weighted by Crippen LogP contribution is 2.38. The van der Waals surface area contributed by atoms with E-state index in [0.29, 0.717) is 11.1 Å². The second-order valence-corrected chi connectivity index (χ2v) is 10.6. The topological polar surface area (TPSA) is 93.7 Å². The number of carbonyl (C=O) groups is 3. The number of esters is 2. The monoisotopic (exact) mass is 584 g/mol. The van der Waals surface area contributed by atoms with Crippen LogP contribution in [-0.2, 0) is 9.47 Å². The van der Waals surface area contributed by atoms with Gasteiger partial charge in [0, 0.05) is 10.0 Å². The number of ether oxygens (including phenoxy) is 2. The molecule has 174 valence electrons. The Morgan fingerprint density at radius 1 is 1.06 bits per heavy atom. The maximum atomic E-state index is 12.7. The molecule has 0 radical (unpaired) electrons. The summed E-state index contributed by atoms with van der Waals surface area (Å²) in [5, 5.41) is 5.66. The highest BCUT2D eigenvalue weighted by atomic mass is 79.9. The first kappa shape index (κ1) is 26.7. The Bertz CT molecular complexity index is 992. The quantitative estimate of drug-likeness (QED) is 0.234. The zero-order chi connectivity index (χ0) is 24.1. The van der Waals surface area contributed by atoms with E-state index in [1.54, 1.807) is 45.0 Å². The average Bonchev–Trinajstić information content (AvgIpc) is 3.03. The second kappa shape index (κ2) is 11.6. The van der Waals surface area contributed by atoms with Gasteiger partial charge in [0.2, 0.25) is 3.79 Å². The van der Waals surface area contributed by atoms with Gasteiger partial charge in [-0.2, -0.15) is 0 Å². The predicted octanol–water partition coefficient (Wildman–Crippen LogP) is 5.71. The highest BCUT2D eigenvalue weighted by Gasteiger charge is 2.37. The molecule has 0 aliphatic carbocycles. The summed E-state index contributed by atoms with van der Waals surface area (Å²) in [6.07, 6.45) is -1.25. The Hall–Kier alpha value is -1.52. The number of alkyl halides is 3. The lowest BCUT2D eigenvalue weighted by atomic mass is 10.1. The van der Waals surface area contributed by atoms with E-state index in [2.05, 4.69) is 26.6 Å². The van der Waals surface area contributed by atoms with E-state index >= 15 is 0 Å². The minimum absolute atomic E-state index is 0.0945. The van der Waals surface area contributed by atoms with E-state index in [9.17, 15) is 14.4 Å². The van der Waals surface area contributed by atoms with Crippen molar-refractivity contribution in [2.45, 2.75) is 30.7 Å². The number of hydrogen-bond acceptors (Lipinski definition) is 7. The molecule has 1 aromatic carbocycles. The smallest absolute Gasteiger partial charge is 0.348 e. The fourth-order valence-electron chi connectivity index (χ4n) is 2.60. The van der Waals surface area contributed by atoms with E-state index in [1.165, 1.54) is 0 Å². The molecule has 0 bridgehead atoms. The summed E-state index contributed by atoms with van der Waals surface area (Å²) in [6.45, 7) is 5.19.